The number of aryl methyl sites for hydroxylation is 1. The maximum absolute atomic E-state index is 13.0. The number of aromatic nitrogens is 2. The summed E-state index contributed by atoms with van der Waals surface area (Å²) in [7, 11) is -3.92. The standard InChI is InChI=1S/C19H25N5O5S3/c1-3-13(15-7-11(2)9-29-15)20-17-18(23-31-22-17)21-14-10-30-19(16(14)26)32(27,28)24-6-4-5-12(24)8-25/h7,9-10,12-13,25-26H,3-6,8H2,1-2H3,(H,20,22)(H,21,23)/t12?,13-/m1/s1. The molecule has 0 radical (unpaired) electrons. The van der Waals surface area contributed by atoms with Crippen molar-refractivity contribution in [3.63, 3.8) is 0 Å². The highest BCUT2D eigenvalue weighted by atomic mass is 32.2. The summed E-state index contributed by atoms with van der Waals surface area (Å²) >= 11 is 1.92. The zero-order valence-electron chi connectivity index (χ0n) is 17.6. The molecule has 0 aliphatic carbocycles. The smallest absolute Gasteiger partial charge is 0.256 e. The van der Waals surface area contributed by atoms with Gasteiger partial charge in [-0.25, -0.2) is 8.42 Å². The number of hydrogen-bond acceptors (Lipinski definition) is 11. The third-order valence-corrected chi connectivity index (χ3v) is 9.33. The molecule has 1 aliphatic rings. The fourth-order valence-electron chi connectivity index (χ4n) is 3.69. The van der Waals surface area contributed by atoms with E-state index in [1.165, 1.54) is 9.69 Å². The molecule has 13 heteroatoms. The van der Waals surface area contributed by atoms with E-state index in [0.29, 0.717) is 31.0 Å². The van der Waals surface area contributed by atoms with Crippen molar-refractivity contribution in [2.75, 3.05) is 23.8 Å². The summed E-state index contributed by atoms with van der Waals surface area (Å²) in [6.07, 6.45) is 3.71. The molecule has 3 aromatic rings. The highest BCUT2D eigenvalue weighted by Gasteiger charge is 2.38. The second kappa shape index (κ2) is 9.35. The van der Waals surface area contributed by atoms with E-state index in [0.717, 1.165) is 40.8 Å². The molecule has 0 amide bonds. The molecule has 4 rings (SSSR count). The van der Waals surface area contributed by atoms with Crippen LogP contribution in [0.25, 0.3) is 0 Å². The van der Waals surface area contributed by atoms with Crippen LogP contribution in [0.4, 0.5) is 17.3 Å². The fraction of sp³-hybridized carbons (Fsp3) is 0.474. The summed E-state index contributed by atoms with van der Waals surface area (Å²) in [5.41, 5.74) is 1.25. The highest BCUT2D eigenvalue weighted by Crippen LogP contribution is 2.42. The molecule has 4 heterocycles. The number of anilines is 3. The number of aliphatic hydroxyl groups is 1. The molecule has 0 aromatic carbocycles. The maximum atomic E-state index is 13.0. The van der Waals surface area contributed by atoms with E-state index in [2.05, 4.69) is 19.4 Å². The summed E-state index contributed by atoms with van der Waals surface area (Å²) in [5.74, 6) is 1.26. The number of aromatic hydroxyl groups is 1. The third-order valence-electron chi connectivity index (χ3n) is 5.36. The average molecular weight is 500 g/mol. The van der Waals surface area contributed by atoms with Gasteiger partial charge < -0.3 is 25.3 Å². The van der Waals surface area contributed by atoms with Crippen LogP contribution in [0.5, 0.6) is 5.75 Å². The van der Waals surface area contributed by atoms with Gasteiger partial charge in [-0.3, -0.25) is 0 Å². The SMILES string of the molecule is CC[C@@H](Nc1nsnc1Nc1csc(S(=O)(=O)N2CCCC2CO)c1O)c1cc(C)co1. The van der Waals surface area contributed by atoms with Crippen LogP contribution in [0.3, 0.4) is 0 Å². The van der Waals surface area contributed by atoms with E-state index in [1.54, 1.807) is 6.26 Å². The first-order valence-corrected chi connectivity index (χ1v) is 13.2. The van der Waals surface area contributed by atoms with Gasteiger partial charge in [0.05, 0.1) is 36.3 Å². The van der Waals surface area contributed by atoms with Crippen LogP contribution in [0, 0.1) is 6.92 Å². The minimum atomic E-state index is -3.92. The van der Waals surface area contributed by atoms with Crippen molar-refractivity contribution >= 4 is 50.4 Å². The number of aliphatic hydroxyl groups excluding tert-OH is 1. The molecule has 4 N–H and O–H groups in total. The van der Waals surface area contributed by atoms with Gasteiger partial charge in [-0.1, -0.05) is 6.92 Å². The van der Waals surface area contributed by atoms with Crippen molar-refractivity contribution in [2.45, 2.75) is 49.4 Å². The Morgan fingerprint density at radius 3 is 2.84 bits per heavy atom. The van der Waals surface area contributed by atoms with Gasteiger partial charge in [0.25, 0.3) is 10.0 Å². The number of sulfonamides is 1. The molecule has 2 atom stereocenters. The molecule has 3 aromatic heterocycles. The van der Waals surface area contributed by atoms with Crippen LogP contribution in [0.1, 0.15) is 43.6 Å². The van der Waals surface area contributed by atoms with Gasteiger partial charge in [0, 0.05) is 18.0 Å². The van der Waals surface area contributed by atoms with E-state index in [9.17, 15) is 18.6 Å². The first kappa shape index (κ1) is 23.0. The van der Waals surface area contributed by atoms with Crippen LogP contribution in [0.15, 0.2) is 26.3 Å². The van der Waals surface area contributed by atoms with Crippen LogP contribution >= 0.6 is 23.1 Å². The summed E-state index contributed by atoms with van der Waals surface area (Å²) in [6.45, 7) is 4.04. The number of hydrogen-bond donors (Lipinski definition) is 4. The Kier molecular flexibility index (Phi) is 6.72. The first-order valence-electron chi connectivity index (χ1n) is 10.2. The monoisotopic (exact) mass is 499 g/mol. The van der Waals surface area contributed by atoms with Gasteiger partial charge in [0.15, 0.2) is 21.6 Å². The lowest BCUT2D eigenvalue weighted by atomic mass is 10.1. The Hall–Kier alpha value is -2.19. The molecule has 174 valence electrons. The molecule has 0 spiro atoms. The normalized spacial score (nSPS) is 18.2. The zero-order chi connectivity index (χ0) is 22.9. The fourth-order valence-corrected chi connectivity index (χ4v) is 7.20. The van der Waals surface area contributed by atoms with E-state index >= 15 is 0 Å². The number of furan rings is 1. The third kappa shape index (κ3) is 4.35. The van der Waals surface area contributed by atoms with Crippen molar-refractivity contribution in [2.24, 2.45) is 0 Å². The first-order chi connectivity index (χ1) is 15.3. The van der Waals surface area contributed by atoms with Gasteiger partial charge >= 0.3 is 0 Å². The molecular weight excluding hydrogens is 474 g/mol. The lowest BCUT2D eigenvalue weighted by Gasteiger charge is -2.21. The lowest BCUT2D eigenvalue weighted by Crippen LogP contribution is -2.37. The summed E-state index contributed by atoms with van der Waals surface area (Å²) in [4.78, 5) is 0. The molecule has 1 saturated heterocycles. The quantitative estimate of drug-likeness (QED) is 0.347. The van der Waals surface area contributed by atoms with E-state index in [1.807, 2.05) is 19.9 Å². The van der Waals surface area contributed by atoms with E-state index in [4.69, 9.17) is 4.42 Å². The van der Waals surface area contributed by atoms with Crippen LogP contribution in [0.2, 0.25) is 0 Å². The van der Waals surface area contributed by atoms with Crippen molar-refractivity contribution < 1.29 is 23.0 Å². The maximum Gasteiger partial charge on any atom is 0.256 e. The average Bonchev–Trinajstić information content (AvgIpc) is 3.55. The number of thiophene rings is 1. The van der Waals surface area contributed by atoms with Crippen molar-refractivity contribution in [1.29, 1.82) is 0 Å². The van der Waals surface area contributed by atoms with Crippen molar-refractivity contribution in [1.82, 2.24) is 13.1 Å². The van der Waals surface area contributed by atoms with E-state index < -0.39 is 16.1 Å². The number of rotatable bonds is 9. The Morgan fingerprint density at radius 1 is 1.38 bits per heavy atom. The van der Waals surface area contributed by atoms with Crippen molar-refractivity contribution in [3.05, 3.63) is 29.0 Å². The minimum Gasteiger partial charge on any atom is -0.504 e. The zero-order valence-corrected chi connectivity index (χ0v) is 20.1. The predicted molar refractivity (Wildman–Crippen MR) is 123 cm³/mol. The second-order valence-corrected chi connectivity index (χ2v) is 11.1. The van der Waals surface area contributed by atoms with Gasteiger partial charge in [-0.2, -0.15) is 13.1 Å². The van der Waals surface area contributed by atoms with Gasteiger partial charge in [0.1, 0.15) is 5.76 Å². The lowest BCUT2D eigenvalue weighted by molar-refractivity contribution is 0.213. The number of nitrogens with zero attached hydrogens (tertiary/aromatic N) is 3. The summed E-state index contributed by atoms with van der Waals surface area (Å²) in [6, 6.07) is 1.37. The Balaban J connectivity index is 1.54. The summed E-state index contributed by atoms with van der Waals surface area (Å²) < 4.78 is 41.3. The van der Waals surface area contributed by atoms with Crippen LogP contribution in [-0.4, -0.2) is 50.9 Å². The molecule has 32 heavy (non-hydrogen) atoms. The van der Waals surface area contributed by atoms with Gasteiger partial charge in [0.2, 0.25) is 0 Å². The van der Waals surface area contributed by atoms with Gasteiger partial charge in [-0.15, -0.1) is 11.3 Å². The highest BCUT2D eigenvalue weighted by molar-refractivity contribution is 7.91. The van der Waals surface area contributed by atoms with Crippen molar-refractivity contribution in [3.8, 4) is 5.75 Å². The molecule has 10 nitrogen and oxygen atoms in total. The Bertz CT molecular complexity index is 1170. The van der Waals surface area contributed by atoms with Crippen LogP contribution < -0.4 is 10.6 Å². The molecular formula is C19H25N5O5S3. The minimum absolute atomic E-state index is 0.120. The number of nitrogens with one attached hydrogen (secondary N) is 2. The Labute approximate surface area is 194 Å². The molecule has 1 aliphatic heterocycles. The summed E-state index contributed by atoms with van der Waals surface area (Å²) in [5, 5.41) is 28.0. The molecule has 1 fully saturated rings. The molecule has 1 unspecified atom stereocenters. The predicted octanol–water partition coefficient (Wildman–Crippen LogP) is 3.66. The second-order valence-electron chi connectivity index (χ2n) is 7.60. The largest absolute Gasteiger partial charge is 0.504 e. The van der Waals surface area contributed by atoms with Gasteiger partial charge in [-0.05, 0) is 37.8 Å². The van der Waals surface area contributed by atoms with E-state index in [-0.39, 0.29) is 28.3 Å². The molecule has 0 bridgehead atoms. The topological polar surface area (TPSA) is 141 Å². The Morgan fingerprint density at radius 2 is 2.16 bits per heavy atom. The molecule has 0 saturated carbocycles. The van der Waals surface area contributed by atoms with Crippen LogP contribution in [-0.2, 0) is 10.0 Å².